The molecule has 4 nitrogen and oxygen atoms in total. The van der Waals surface area contributed by atoms with E-state index < -0.39 is 0 Å². The molecular formula is C26H36N2O2. The van der Waals surface area contributed by atoms with Crippen LogP contribution in [0.4, 0.5) is 0 Å². The fraction of sp³-hybridized carbons (Fsp3) is 0.538. The van der Waals surface area contributed by atoms with E-state index in [0.717, 1.165) is 59.4 Å². The Hall–Kier alpha value is -2.36. The Morgan fingerprint density at radius 2 is 1.00 bits per heavy atom. The minimum atomic E-state index is 0.746. The summed E-state index contributed by atoms with van der Waals surface area (Å²) in [4.78, 5) is 9.22. The van der Waals surface area contributed by atoms with E-state index in [1.54, 1.807) is 0 Å². The first-order valence-electron chi connectivity index (χ1n) is 11.8. The van der Waals surface area contributed by atoms with Gasteiger partial charge >= 0.3 is 0 Å². The molecule has 2 aromatic heterocycles. The maximum atomic E-state index is 6.09. The van der Waals surface area contributed by atoms with Gasteiger partial charge in [-0.3, -0.25) is 9.97 Å². The quantitative estimate of drug-likeness (QED) is 0.205. The average molecular weight is 409 g/mol. The van der Waals surface area contributed by atoms with Gasteiger partial charge in [0.1, 0.15) is 22.5 Å². The van der Waals surface area contributed by atoms with E-state index in [9.17, 15) is 0 Å². The zero-order valence-electron chi connectivity index (χ0n) is 18.7. The highest BCUT2D eigenvalue weighted by Crippen LogP contribution is 2.33. The Labute approximate surface area is 181 Å². The predicted octanol–water partition coefficient (Wildman–Crippen LogP) is 7.48. The maximum Gasteiger partial charge on any atom is 0.130 e. The summed E-state index contributed by atoms with van der Waals surface area (Å²) in [6, 6.07) is 8.09. The van der Waals surface area contributed by atoms with Crippen molar-refractivity contribution in [2.24, 2.45) is 0 Å². The van der Waals surface area contributed by atoms with E-state index in [-0.39, 0.29) is 0 Å². The number of unbranched alkanes of at least 4 members (excludes halogenated alkanes) is 8. The van der Waals surface area contributed by atoms with E-state index in [0.29, 0.717) is 0 Å². The van der Waals surface area contributed by atoms with Crippen LogP contribution < -0.4 is 9.47 Å². The van der Waals surface area contributed by atoms with Crippen molar-refractivity contribution in [3.05, 3.63) is 36.7 Å². The van der Waals surface area contributed by atoms with Crippen LogP contribution in [0.5, 0.6) is 11.5 Å². The summed E-state index contributed by atoms with van der Waals surface area (Å²) < 4.78 is 12.2. The summed E-state index contributed by atoms with van der Waals surface area (Å²) >= 11 is 0. The molecule has 0 saturated carbocycles. The molecule has 0 aliphatic rings. The summed E-state index contributed by atoms with van der Waals surface area (Å²) in [5, 5.41) is 2.03. The van der Waals surface area contributed by atoms with Crippen molar-refractivity contribution >= 4 is 21.8 Å². The lowest BCUT2D eigenvalue weighted by Crippen LogP contribution is -2.00. The van der Waals surface area contributed by atoms with Crippen LogP contribution in [0.1, 0.15) is 78.1 Å². The Morgan fingerprint density at radius 3 is 1.43 bits per heavy atom. The molecular weight excluding hydrogens is 372 g/mol. The third-order valence-electron chi connectivity index (χ3n) is 5.55. The third-order valence-corrected chi connectivity index (χ3v) is 5.55. The fourth-order valence-corrected chi connectivity index (χ4v) is 3.80. The normalized spacial score (nSPS) is 11.3. The Bertz CT molecular complexity index is 835. The Morgan fingerprint density at radius 1 is 0.567 bits per heavy atom. The molecule has 0 aliphatic heterocycles. The van der Waals surface area contributed by atoms with Crippen molar-refractivity contribution in [2.75, 3.05) is 13.2 Å². The molecule has 4 heteroatoms. The van der Waals surface area contributed by atoms with Crippen LogP contribution >= 0.6 is 0 Å². The van der Waals surface area contributed by atoms with Crippen LogP contribution in [0.3, 0.4) is 0 Å². The van der Waals surface area contributed by atoms with Gasteiger partial charge in [-0.2, -0.15) is 0 Å². The lowest BCUT2D eigenvalue weighted by atomic mass is 10.1. The zero-order chi connectivity index (χ0) is 21.0. The van der Waals surface area contributed by atoms with Crippen molar-refractivity contribution < 1.29 is 9.47 Å². The Kier molecular flexibility index (Phi) is 9.20. The first-order valence-corrected chi connectivity index (χ1v) is 11.8. The molecule has 0 N–H and O–H groups in total. The average Bonchev–Trinajstić information content (AvgIpc) is 2.78. The van der Waals surface area contributed by atoms with Gasteiger partial charge in [-0.05, 0) is 37.1 Å². The summed E-state index contributed by atoms with van der Waals surface area (Å²) in [7, 11) is 0. The molecule has 0 atom stereocenters. The SMILES string of the molecule is CCCCCCCOc1ccnc2c1ccc1c(OCCCCCCC)ccnc12. The van der Waals surface area contributed by atoms with E-state index in [1.165, 1.54) is 51.4 Å². The molecule has 30 heavy (non-hydrogen) atoms. The van der Waals surface area contributed by atoms with Crippen molar-refractivity contribution in [2.45, 2.75) is 78.1 Å². The van der Waals surface area contributed by atoms with E-state index in [2.05, 4.69) is 35.9 Å². The number of aromatic nitrogens is 2. The number of pyridine rings is 2. The largest absolute Gasteiger partial charge is 0.493 e. The van der Waals surface area contributed by atoms with Gasteiger partial charge in [0, 0.05) is 23.2 Å². The lowest BCUT2D eigenvalue weighted by molar-refractivity contribution is 0.307. The molecule has 0 fully saturated rings. The minimum absolute atomic E-state index is 0.746. The summed E-state index contributed by atoms with van der Waals surface area (Å²) in [5.41, 5.74) is 1.76. The van der Waals surface area contributed by atoms with Gasteiger partial charge in [0.25, 0.3) is 0 Å². The van der Waals surface area contributed by atoms with E-state index in [1.807, 2.05) is 24.5 Å². The van der Waals surface area contributed by atoms with Crippen LogP contribution in [0.2, 0.25) is 0 Å². The second-order valence-electron chi connectivity index (χ2n) is 8.00. The van der Waals surface area contributed by atoms with E-state index >= 15 is 0 Å². The molecule has 3 rings (SSSR count). The van der Waals surface area contributed by atoms with Crippen LogP contribution in [0.25, 0.3) is 21.8 Å². The molecule has 0 unspecified atom stereocenters. The van der Waals surface area contributed by atoms with Gasteiger partial charge in [-0.1, -0.05) is 65.2 Å². The molecule has 1 aromatic carbocycles. The first kappa shape index (κ1) is 22.3. The predicted molar refractivity (Wildman–Crippen MR) is 126 cm³/mol. The molecule has 0 bridgehead atoms. The highest BCUT2D eigenvalue weighted by atomic mass is 16.5. The summed E-state index contributed by atoms with van der Waals surface area (Å²) in [6.45, 7) is 5.97. The Balaban J connectivity index is 1.69. The van der Waals surface area contributed by atoms with Crippen molar-refractivity contribution in [1.29, 1.82) is 0 Å². The molecule has 2 heterocycles. The van der Waals surface area contributed by atoms with E-state index in [4.69, 9.17) is 9.47 Å². The lowest BCUT2D eigenvalue weighted by Gasteiger charge is -2.12. The van der Waals surface area contributed by atoms with Crippen LogP contribution in [0.15, 0.2) is 36.7 Å². The second-order valence-corrected chi connectivity index (χ2v) is 8.00. The topological polar surface area (TPSA) is 44.2 Å². The van der Waals surface area contributed by atoms with Crippen molar-refractivity contribution in [3.8, 4) is 11.5 Å². The highest BCUT2D eigenvalue weighted by Gasteiger charge is 2.11. The first-order chi connectivity index (χ1) is 14.8. The number of hydrogen-bond acceptors (Lipinski definition) is 4. The molecule has 0 amide bonds. The number of fused-ring (bicyclic) bond motifs is 3. The number of hydrogen-bond donors (Lipinski definition) is 0. The minimum Gasteiger partial charge on any atom is -0.493 e. The number of rotatable bonds is 14. The molecule has 0 radical (unpaired) electrons. The molecule has 162 valence electrons. The maximum absolute atomic E-state index is 6.09. The van der Waals surface area contributed by atoms with Crippen molar-refractivity contribution in [1.82, 2.24) is 9.97 Å². The van der Waals surface area contributed by atoms with Crippen LogP contribution in [0, 0.1) is 0 Å². The summed E-state index contributed by atoms with van der Waals surface area (Å²) in [6.07, 6.45) is 16.0. The van der Waals surface area contributed by atoms with Gasteiger partial charge in [-0.25, -0.2) is 0 Å². The van der Waals surface area contributed by atoms with Gasteiger partial charge < -0.3 is 9.47 Å². The van der Waals surface area contributed by atoms with Gasteiger partial charge in [0.15, 0.2) is 0 Å². The third kappa shape index (κ3) is 6.07. The molecule has 0 spiro atoms. The van der Waals surface area contributed by atoms with Crippen LogP contribution in [-0.2, 0) is 0 Å². The standard InChI is InChI=1S/C26H36N2O2/c1-3-5-7-9-11-19-29-23-15-17-27-25-21(23)13-14-22-24(16-18-28-26(22)25)30-20-12-10-8-6-4-2/h13-18H,3-12,19-20H2,1-2H3. The zero-order valence-corrected chi connectivity index (χ0v) is 18.7. The number of benzene rings is 1. The smallest absolute Gasteiger partial charge is 0.130 e. The molecule has 0 aliphatic carbocycles. The van der Waals surface area contributed by atoms with Gasteiger partial charge in [0.2, 0.25) is 0 Å². The number of ether oxygens (including phenoxy) is 2. The van der Waals surface area contributed by atoms with Crippen LogP contribution in [-0.4, -0.2) is 23.2 Å². The van der Waals surface area contributed by atoms with Gasteiger partial charge in [0.05, 0.1) is 13.2 Å². The fourth-order valence-electron chi connectivity index (χ4n) is 3.80. The second kappa shape index (κ2) is 12.4. The molecule has 0 saturated heterocycles. The van der Waals surface area contributed by atoms with Crippen molar-refractivity contribution in [3.63, 3.8) is 0 Å². The number of nitrogens with zero attached hydrogens (tertiary/aromatic N) is 2. The molecule has 3 aromatic rings. The monoisotopic (exact) mass is 408 g/mol. The summed E-state index contributed by atoms with van der Waals surface area (Å²) in [5.74, 6) is 1.78. The highest BCUT2D eigenvalue weighted by molar-refractivity contribution is 6.06. The van der Waals surface area contributed by atoms with Gasteiger partial charge in [-0.15, -0.1) is 0 Å².